The average Bonchev–Trinajstić information content (AvgIpc) is 3.31. The van der Waals surface area contributed by atoms with Gasteiger partial charge in [-0.05, 0) is 66.1 Å². The first-order valence-corrected chi connectivity index (χ1v) is 13.8. The number of hydrogen-bond donors (Lipinski definition) is 2. The Labute approximate surface area is 241 Å². The van der Waals surface area contributed by atoms with Gasteiger partial charge in [0.2, 0.25) is 11.4 Å². The van der Waals surface area contributed by atoms with Gasteiger partial charge in [-0.15, -0.1) is 0 Å². The van der Waals surface area contributed by atoms with Gasteiger partial charge in [0.15, 0.2) is 6.21 Å². The largest absolute Gasteiger partial charge is 0.312 e. The number of hydrogen-bond acceptors (Lipinski definition) is 3. The highest BCUT2D eigenvalue weighted by molar-refractivity contribution is 6.04. The Hall–Kier alpha value is -5.03. The van der Waals surface area contributed by atoms with Crippen LogP contribution in [-0.2, 0) is 0 Å². The van der Waals surface area contributed by atoms with Crippen LogP contribution in [0.15, 0.2) is 146 Å². The monoisotopic (exact) mass is 533 g/mol. The van der Waals surface area contributed by atoms with Crippen LogP contribution in [0.25, 0.3) is 22.4 Å². The van der Waals surface area contributed by atoms with Crippen molar-refractivity contribution in [1.82, 2.24) is 4.58 Å². The normalized spacial score (nSPS) is 16.2. The zero-order valence-corrected chi connectivity index (χ0v) is 23.1. The molecule has 4 aromatic carbocycles. The van der Waals surface area contributed by atoms with Crippen LogP contribution in [0.4, 0.5) is 22.7 Å². The fourth-order valence-corrected chi connectivity index (χ4v) is 5.54. The molecule has 0 fully saturated rings. The summed E-state index contributed by atoms with van der Waals surface area (Å²) in [5, 5.41) is 0. The average molecular weight is 534 g/mol. The number of anilines is 2. The topological polar surface area (TPSA) is 58.3 Å². The van der Waals surface area contributed by atoms with Crippen molar-refractivity contribution >= 4 is 40.2 Å². The van der Waals surface area contributed by atoms with E-state index in [1.165, 1.54) is 28.1 Å². The van der Waals surface area contributed by atoms with Crippen molar-refractivity contribution < 1.29 is 0 Å². The summed E-state index contributed by atoms with van der Waals surface area (Å²) in [7, 11) is 0. The lowest BCUT2D eigenvalue weighted by atomic mass is 9.95. The molecule has 0 bridgehead atoms. The van der Waals surface area contributed by atoms with E-state index in [4.69, 9.17) is 11.5 Å². The molecule has 6 rings (SSSR count). The van der Waals surface area contributed by atoms with Gasteiger partial charge in [0, 0.05) is 29.5 Å². The summed E-state index contributed by atoms with van der Waals surface area (Å²) in [6, 6.07) is 34.1. The highest BCUT2D eigenvalue weighted by atomic mass is 15.2. The number of nitrogens with zero attached hydrogens (tertiary/aromatic N) is 2. The van der Waals surface area contributed by atoms with Gasteiger partial charge in [-0.25, -0.2) is 0 Å². The lowest BCUT2D eigenvalue weighted by Crippen LogP contribution is -2.31. The summed E-state index contributed by atoms with van der Waals surface area (Å²) < 4.78 is 2.21. The minimum Gasteiger partial charge on any atom is -0.312 e. The number of rotatable bonds is 7. The highest BCUT2D eigenvalue weighted by Crippen LogP contribution is 2.48. The van der Waals surface area contributed by atoms with Gasteiger partial charge in [-0.3, -0.25) is 0 Å². The minimum atomic E-state index is -0.502. The molecule has 200 valence electrons. The molecular formula is C37H33N4+. The van der Waals surface area contributed by atoms with Crippen molar-refractivity contribution in [1.29, 1.82) is 0 Å². The SMILES string of the molecule is C=C/C(=C\C=C1\c2ccccc2N1c1ccccc1)c1ccc2c(c1)-c1ccccc1[N+]2=C/C=C\C(=C/C)C(N)N. The molecule has 41 heavy (non-hydrogen) atoms. The van der Waals surface area contributed by atoms with E-state index in [0.29, 0.717) is 0 Å². The molecule has 0 saturated carbocycles. The zero-order valence-electron chi connectivity index (χ0n) is 23.1. The molecule has 0 amide bonds. The lowest BCUT2D eigenvalue weighted by molar-refractivity contribution is 0.837. The first-order valence-electron chi connectivity index (χ1n) is 13.8. The van der Waals surface area contributed by atoms with Crippen LogP contribution in [0.2, 0.25) is 0 Å². The molecule has 4 nitrogen and oxygen atoms in total. The van der Waals surface area contributed by atoms with Crippen LogP contribution >= 0.6 is 0 Å². The van der Waals surface area contributed by atoms with E-state index in [9.17, 15) is 0 Å². The number of para-hydroxylation sites is 3. The number of benzene rings is 4. The molecule has 4 aromatic rings. The fourth-order valence-electron chi connectivity index (χ4n) is 5.54. The third-order valence-corrected chi connectivity index (χ3v) is 7.60. The quantitative estimate of drug-likeness (QED) is 0.126. The molecule has 4 heteroatoms. The van der Waals surface area contributed by atoms with Crippen molar-refractivity contribution in [2.45, 2.75) is 13.1 Å². The van der Waals surface area contributed by atoms with E-state index in [1.807, 2.05) is 37.3 Å². The van der Waals surface area contributed by atoms with Crippen LogP contribution in [0.3, 0.4) is 0 Å². The molecule has 0 saturated heterocycles. The summed E-state index contributed by atoms with van der Waals surface area (Å²) in [5.41, 5.74) is 24.3. The van der Waals surface area contributed by atoms with Gasteiger partial charge in [0.25, 0.3) is 0 Å². The molecular weight excluding hydrogens is 500 g/mol. The van der Waals surface area contributed by atoms with E-state index in [-0.39, 0.29) is 0 Å². The predicted molar refractivity (Wildman–Crippen MR) is 176 cm³/mol. The van der Waals surface area contributed by atoms with Crippen molar-refractivity contribution in [3.8, 4) is 11.1 Å². The summed E-state index contributed by atoms with van der Waals surface area (Å²) in [4.78, 5) is 2.30. The van der Waals surface area contributed by atoms with Crippen LogP contribution in [0, 0.1) is 0 Å². The third kappa shape index (κ3) is 4.80. The molecule has 0 unspecified atom stereocenters. The highest BCUT2D eigenvalue weighted by Gasteiger charge is 2.31. The Bertz CT molecular complexity index is 1780. The Morgan fingerprint density at radius 2 is 1.54 bits per heavy atom. The maximum atomic E-state index is 5.88. The van der Waals surface area contributed by atoms with Crippen LogP contribution in [0.1, 0.15) is 18.1 Å². The summed E-state index contributed by atoms with van der Waals surface area (Å²) >= 11 is 0. The van der Waals surface area contributed by atoms with E-state index in [0.717, 1.165) is 33.8 Å². The van der Waals surface area contributed by atoms with Crippen molar-refractivity contribution in [3.05, 3.63) is 157 Å². The molecule has 0 radical (unpaired) electrons. The molecule has 2 heterocycles. The second kappa shape index (κ2) is 11.2. The summed E-state index contributed by atoms with van der Waals surface area (Å²) in [5.74, 6) is 0. The van der Waals surface area contributed by atoms with Crippen LogP contribution < -0.4 is 20.9 Å². The molecule has 0 aromatic heterocycles. The first-order chi connectivity index (χ1) is 20.1. The molecule has 0 aliphatic carbocycles. The fraction of sp³-hybridized carbons (Fsp3) is 0.0541. The molecule has 4 N–H and O–H groups in total. The maximum absolute atomic E-state index is 5.88. The smallest absolute Gasteiger partial charge is 0.219 e. The number of nitrogens with two attached hydrogens (primary N) is 2. The van der Waals surface area contributed by atoms with E-state index in [2.05, 4.69) is 125 Å². The minimum absolute atomic E-state index is 0.502. The lowest BCUT2D eigenvalue weighted by Gasteiger charge is -2.38. The van der Waals surface area contributed by atoms with E-state index < -0.39 is 6.17 Å². The zero-order chi connectivity index (χ0) is 28.3. The second-order valence-corrected chi connectivity index (χ2v) is 10.0. The van der Waals surface area contributed by atoms with E-state index in [1.54, 1.807) is 0 Å². The summed E-state index contributed by atoms with van der Waals surface area (Å²) in [6.45, 7) is 6.09. The van der Waals surface area contributed by atoms with Crippen LogP contribution in [-0.4, -0.2) is 12.4 Å². The number of fused-ring (bicyclic) bond motifs is 4. The number of allylic oxidation sites excluding steroid dienone is 6. The maximum Gasteiger partial charge on any atom is 0.219 e. The molecule has 0 spiro atoms. The molecule has 0 atom stereocenters. The van der Waals surface area contributed by atoms with Gasteiger partial charge in [-0.2, -0.15) is 4.58 Å². The van der Waals surface area contributed by atoms with E-state index >= 15 is 0 Å². The second-order valence-electron chi connectivity index (χ2n) is 10.0. The standard InChI is InChI=1S/C37H33N4/c1-3-26(20-23-36-31-17-9-11-19-35(31)41(36)29-14-6-5-7-15-29)28-21-22-34-32(25-28)30-16-8-10-18-33(30)40(34)24-12-13-27(4-2)37(38)39/h3-25,37H,1,38-39H2,2H3/q+1/b13-12-,26-20+,27-4+,36-23-,40-24?. The van der Waals surface area contributed by atoms with Crippen molar-refractivity contribution in [2.75, 3.05) is 4.90 Å². The summed E-state index contributed by atoms with van der Waals surface area (Å²) in [6.07, 6.45) is 13.7. The van der Waals surface area contributed by atoms with Gasteiger partial charge in [0.1, 0.15) is 0 Å². The van der Waals surface area contributed by atoms with Crippen molar-refractivity contribution in [3.63, 3.8) is 0 Å². The van der Waals surface area contributed by atoms with Crippen LogP contribution in [0.5, 0.6) is 0 Å². The van der Waals surface area contributed by atoms with Gasteiger partial charge in [-0.1, -0.05) is 79.4 Å². The Morgan fingerprint density at radius 1 is 0.829 bits per heavy atom. The predicted octanol–water partition coefficient (Wildman–Crippen LogP) is 8.08. The van der Waals surface area contributed by atoms with Gasteiger partial charge >= 0.3 is 0 Å². The Kier molecular flexibility index (Phi) is 7.17. The molecule has 2 aliphatic rings. The third-order valence-electron chi connectivity index (χ3n) is 7.60. The Morgan fingerprint density at radius 3 is 2.29 bits per heavy atom. The van der Waals surface area contributed by atoms with Crippen molar-refractivity contribution in [2.24, 2.45) is 11.5 Å². The first kappa shape index (κ1) is 26.2. The molecule has 2 aliphatic heterocycles. The van der Waals surface area contributed by atoms with Gasteiger partial charge < -0.3 is 16.4 Å². The van der Waals surface area contributed by atoms with Gasteiger partial charge in [0.05, 0.1) is 28.7 Å². The Balaban J connectivity index is 1.38.